The number of para-hydroxylation sites is 1. The lowest BCUT2D eigenvalue weighted by Gasteiger charge is -2.17. The van der Waals surface area contributed by atoms with Gasteiger partial charge in [0.2, 0.25) is 0 Å². The molecule has 1 aromatic rings. The Morgan fingerprint density at radius 2 is 1.89 bits per heavy atom. The molecular weight excluding hydrogens is 232 g/mol. The fraction of sp³-hybridized carbons (Fsp3) is 0.385. The molecule has 5 heteroatoms. The van der Waals surface area contributed by atoms with Gasteiger partial charge < -0.3 is 10.4 Å². The van der Waals surface area contributed by atoms with Crippen LogP contribution in [0, 0.1) is 0 Å². The first-order chi connectivity index (χ1) is 8.66. The minimum Gasteiger partial charge on any atom is -0.464 e. The van der Waals surface area contributed by atoms with E-state index in [0.717, 1.165) is 19.3 Å². The minimum atomic E-state index is -1.28. The van der Waals surface area contributed by atoms with Gasteiger partial charge in [-0.25, -0.2) is 9.59 Å². The van der Waals surface area contributed by atoms with Gasteiger partial charge in [-0.15, -0.1) is 0 Å². The van der Waals surface area contributed by atoms with E-state index in [1.165, 1.54) is 0 Å². The number of carboxylic acid groups (broad SMARTS) is 1. The first-order valence-corrected chi connectivity index (χ1v) is 6.02. The second-order valence-corrected chi connectivity index (χ2v) is 3.89. The Labute approximate surface area is 106 Å². The largest absolute Gasteiger partial charge is 0.464 e. The minimum absolute atomic E-state index is 0.345. The lowest BCUT2D eigenvalue weighted by Crippen LogP contribution is -2.43. The number of anilines is 1. The average molecular weight is 250 g/mol. The molecule has 1 rings (SSSR count). The van der Waals surface area contributed by atoms with E-state index in [4.69, 9.17) is 5.11 Å². The van der Waals surface area contributed by atoms with E-state index in [0.29, 0.717) is 17.1 Å². The summed E-state index contributed by atoms with van der Waals surface area (Å²) in [7, 11) is 0. The summed E-state index contributed by atoms with van der Waals surface area (Å²) in [6.45, 7) is 2.55. The zero-order valence-electron chi connectivity index (χ0n) is 10.4. The number of nitrogens with zero attached hydrogens (tertiary/aromatic N) is 1. The van der Waals surface area contributed by atoms with Crippen LogP contribution < -0.4 is 10.2 Å². The fourth-order valence-electron chi connectivity index (χ4n) is 1.54. The number of carbonyl (C=O) groups is 2. The van der Waals surface area contributed by atoms with Crippen LogP contribution in [0.4, 0.5) is 15.3 Å². The van der Waals surface area contributed by atoms with Crippen LogP contribution in [0.1, 0.15) is 26.2 Å². The third kappa shape index (κ3) is 4.08. The summed E-state index contributed by atoms with van der Waals surface area (Å²) in [5, 5.41) is 11.7. The lowest BCUT2D eigenvalue weighted by molar-refractivity contribution is 0.199. The molecule has 0 aromatic heterocycles. The van der Waals surface area contributed by atoms with E-state index in [-0.39, 0.29) is 0 Å². The van der Waals surface area contributed by atoms with Crippen LogP contribution in [0.2, 0.25) is 0 Å². The molecule has 98 valence electrons. The lowest BCUT2D eigenvalue weighted by atomic mass is 10.2. The van der Waals surface area contributed by atoms with Crippen LogP contribution in [-0.4, -0.2) is 23.8 Å². The normalized spacial score (nSPS) is 9.83. The van der Waals surface area contributed by atoms with Gasteiger partial charge in [0, 0.05) is 6.54 Å². The molecule has 3 amide bonds. The molecule has 0 aliphatic rings. The first kappa shape index (κ1) is 14.0. The maximum absolute atomic E-state index is 11.8. The van der Waals surface area contributed by atoms with Crippen molar-refractivity contribution in [3.05, 3.63) is 30.3 Å². The molecule has 5 nitrogen and oxygen atoms in total. The van der Waals surface area contributed by atoms with Crippen LogP contribution >= 0.6 is 0 Å². The number of carbonyl (C=O) groups excluding carboxylic acids is 1. The summed E-state index contributed by atoms with van der Waals surface area (Å²) in [4.78, 5) is 23.6. The average Bonchev–Trinajstić information content (AvgIpc) is 2.36. The number of benzene rings is 1. The molecule has 0 saturated heterocycles. The number of urea groups is 1. The van der Waals surface area contributed by atoms with Crippen LogP contribution in [0.15, 0.2) is 30.3 Å². The van der Waals surface area contributed by atoms with Crippen LogP contribution in [0.25, 0.3) is 0 Å². The molecule has 0 fully saturated rings. The Kier molecular flexibility index (Phi) is 5.70. The van der Waals surface area contributed by atoms with Gasteiger partial charge in [0.25, 0.3) is 0 Å². The molecule has 0 radical (unpaired) electrons. The molecule has 0 bridgehead atoms. The highest BCUT2D eigenvalue weighted by atomic mass is 16.4. The third-order valence-corrected chi connectivity index (χ3v) is 2.47. The molecule has 1 aromatic carbocycles. The number of rotatable bonds is 5. The topological polar surface area (TPSA) is 69.6 Å². The van der Waals surface area contributed by atoms with Crippen molar-refractivity contribution in [1.82, 2.24) is 5.32 Å². The van der Waals surface area contributed by atoms with Crippen LogP contribution in [0.5, 0.6) is 0 Å². The van der Waals surface area contributed by atoms with Crippen LogP contribution in [-0.2, 0) is 0 Å². The van der Waals surface area contributed by atoms with Gasteiger partial charge in [0.15, 0.2) is 0 Å². The van der Waals surface area contributed by atoms with E-state index >= 15 is 0 Å². The molecule has 0 spiro atoms. The van der Waals surface area contributed by atoms with Crippen molar-refractivity contribution in [2.24, 2.45) is 0 Å². The van der Waals surface area contributed by atoms with Crippen molar-refractivity contribution < 1.29 is 14.7 Å². The molecule has 0 heterocycles. The van der Waals surface area contributed by atoms with Gasteiger partial charge in [0.1, 0.15) is 0 Å². The monoisotopic (exact) mass is 250 g/mol. The smallest absolute Gasteiger partial charge is 0.420 e. The van der Waals surface area contributed by atoms with E-state index < -0.39 is 12.1 Å². The predicted molar refractivity (Wildman–Crippen MR) is 69.9 cm³/mol. The van der Waals surface area contributed by atoms with Gasteiger partial charge in [-0.1, -0.05) is 38.0 Å². The molecule has 0 aliphatic heterocycles. The second-order valence-electron chi connectivity index (χ2n) is 3.89. The third-order valence-electron chi connectivity index (χ3n) is 2.47. The number of unbranched alkanes of at least 4 members (excludes halogenated alkanes) is 2. The summed E-state index contributed by atoms with van der Waals surface area (Å²) in [6, 6.07) is 7.71. The number of hydrogen-bond acceptors (Lipinski definition) is 2. The van der Waals surface area contributed by atoms with Crippen molar-refractivity contribution in [2.45, 2.75) is 26.2 Å². The van der Waals surface area contributed by atoms with Gasteiger partial charge in [0.05, 0.1) is 5.69 Å². The quantitative estimate of drug-likeness (QED) is 0.789. The first-order valence-electron chi connectivity index (χ1n) is 6.02. The molecule has 0 aliphatic carbocycles. The summed E-state index contributed by atoms with van der Waals surface area (Å²) in [5.74, 6) is 0. The van der Waals surface area contributed by atoms with E-state index in [1.54, 1.807) is 30.3 Å². The zero-order valence-corrected chi connectivity index (χ0v) is 10.4. The molecule has 2 N–H and O–H groups in total. The van der Waals surface area contributed by atoms with Gasteiger partial charge in [-0.2, -0.15) is 4.90 Å². The Morgan fingerprint density at radius 1 is 1.22 bits per heavy atom. The standard InChI is InChI=1S/C13H18N2O3/c1-2-3-7-10-14-12(16)15(13(17)18)11-8-5-4-6-9-11/h4-6,8-9H,2-3,7,10H2,1H3,(H,14,16)(H,17,18). The SMILES string of the molecule is CCCCCNC(=O)N(C(=O)O)c1ccccc1. The number of amides is 3. The summed E-state index contributed by atoms with van der Waals surface area (Å²) < 4.78 is 0. The summed E-state index contributed by atoms with van der Waals surface area (Å²) >= 11 is 0. The maximum Gasteiger partial charge on any atom is 0.420 e. The maximum atomic E-state index is 11.8. The second kappa shape index (κ2) is 7.32. The fourth-order valence-corrected chi connectivity index (χ4v) is 1.54. The van der Waals surface area contributed by atoms with Gasteiger partial charge in [-0.3, -0.25) is 0 Å². The molecule has 18 heavy (non-hydrogen) atoms. The van der Waals surface area contributed by atoms with Crippen molar-refractivity contribution >= 4 is 17.8 Å². The highest BCUT2D eigenvalue weighted by molar-refractivity contribution is 6.10. The van der Waals surface area contributed by atoms with E-state index in [9.17, 15) is 9.59 Å². The van der Waals surface area contributed by atoms with E-state index in [2.05, 4.69) is 12.2 Å². The number of nitrogens with one attached hydrogen (secondary N) is 1. The number of imide groups is 1. The van der Waals surface area contributed by atoms with Gasteiger partial charge >= 0.3 is 12.1 Å². The molecule has 0 atom stereocenters. The van der Waals surface area contributed by atoms with Crippen molar-refractivity contribution in [1.29, 1.82) is 0 Å². The zero-order chi connectivity index (χ0) is 13.4. The molecule has 0 unspecified atom stereocenters. The van der Waals surface area contributed by atoms with E-state index in [1.807, 2.05) is 0 Å². The summed E-state index contributed by atoms with van der Waals surface area (Å²) in [5.41, 5.74) is 0.345. The Hall–Kier alpha value is -2.04. The van der Waals surface area contributed by atoms with Crippen molar-refractivity contribution in [3.8, 4) is 0 Å². The highest BCUT2D eigenvalue weighted by Gasteiger charge is 2.21. The summed E-state index contributed by atoms with van der Waals surface area (Å²) in [6.07, 6.45) is 1.63. The molecular formula is C13H18N2O3. The Balaban J connectivity index is 2.63. The number of hydrogen-bond donors (Lipinski definition) is 2. The predicted octanol–water partition coefficient (Wildman–Crippen LogP) is 3.07. The Morgan fingerprint density at radius 3 is 2.44 bits per heavy atom. The van der Waals surface area contributed by atoms with Gasteiger partial charge in [-0.05, 0) is 18.6 Å². The van der Waals surface area contributed by atoms with Crippen LogP contribution in [0.3, 0.4) is 0 Å². The van der Waals surface area contributed by atoms with Crippen molar-refractivity contribution in [2.75, 3.05) is 11.4 Å². The molecule has 0 saturated carbocycles. The Bertz CT molecular complexity index is 392. The highest BCUT2D eigenvalue weighted by Crippen LogP contribution is 2.13. The van der Waals surface area contributed by atoms with Crippen molar-refractivity contribution in [3.63, 3.8) is 0 Å².